The van der Waals surface area contributed by atoms with Gasteiger partial charge in [-0.2, -0.15) is 0 Å². The lowest BCUT2D eigenvalue weighted by Gasteiger charge is -2.33. The summed E-state index contributed by atoms with van der Waals surface area (Å²) in [5.74, 6) is 0.107. The Bertz CT molecular complexity index is 289. The largest absolute Gasteiger partial charge is 0.393 e. The molecule has 1 saturated carbocycles. The van der Waals surface area contributed by atoms with Crippen molar-refractivity contribution in [3.05, 3.63) is 0 Å². The average molecular weight is 234 g/mol. The fourth-order valence-electron chi connectivity index (χ4n) is 2.63. The minimum Gasteiger partial charge on any atom is -0.393 e. The van der Waals surface area contributed by atoms with Crippen molar-refractivity contribution in [1.29, 1.82) is 0 Å². The van der Waals surface area contributed by atoms with Crippen molar-refractivity contribution >= 4 is 9.84 Å². The van der Waals surface area contributed by atoms with E-state index >= 15 is 0 Å². The van der Waals surface area contributed by atoms with E-state index in [9.17, 15) is 13.5 Å². The number of hydrogen-bond acceptors (Lipinski definition) is 3. The number of aliphatic hydroxyl groups is 1. The molecule has 4 heteroatoms. The topological polar surface area (TPSA) is 54.4 Å². The number of sulfone groups is 1. The van der Waals surface area contributed by atoms with Crippen LogP contribution in [0.2, 0.25) is 0 Å². The van der Waals surface area contributed by atoms with Gasteiger partial charge in [-0.15, -0.1) is 0 Å². The Kier molecular flexibility index (Phi) is 4.18. The van der Waals surface area contributed by atoms with Crippen LogP contribution in [0.1, 0.15) is 45.4 Å². The molecule has 3 nitrogen and oxygen atoms in total. The first-order chi connectivity index (χ1) is 6.90. The minimum absolute atomic E-state index is 0.00465. The SMILES string of the molecule is CCC1(C(O)CCS(C)(=O)=O)CCCC1. The van der Waals surface area contributed by atoms with Crippen LogP contribution in [-0.4, -0.2) is 31.6 Å². The Morgan fingerprint density at radius 1 is 1.33 bits per heavy atom. The Labute approximate surface area is 92.8 Å². The molecular weight excluding hydrogens is 212 g/mol. The maximum absolute atomic E-state index is 11.0. The normalized spacial score (nSPS) is 22.9. The van der Waals surface area contributed by atoms with Gasteiger partial charge in [0.1, 0.15) is 9.84 Å². The number of hydrogen-bond donors (Lipinski definition) is 1. The first-order valence-corrected chi connectivity index (χ1v) is 7.81. The summed E-state index contributed by atoms with van der Waals surface area (Å²) >= 11 is 0. The summed E-state index contributed by atoms with van der Waals surface area (Å²) in [6.07, 6.45) is 6.58. The maximum Gasteiger partial charge on any atom is 0.147 e. The van der Waals surface area contributed by atoms with E-state index in [-0.39, 0.29) is 11.2 Å². The predicted molar refractivity (Wildman–Crippen MR) is 61.5 cm³/mol. The van der Waals surface area contributed by atoms with E-state index in [1.807, 2.05) is 0 Å². The summed E-state index contributed by atoms with van der Waals surface area (Å²) in [7, 11) is -2.94. The maximum atomic E-state index is 11.0. The minimum atomic E-state index is -2.94. The van der Waals surface area contributed by atoms with E-state index in [1.165, 1.54) is 19.1 Å². The Hall–Kier alpha value is -0.0900. The van der Waals surface area contributed by atoms with Gasteiger partial charge in [-0.25, -0.2) is 8.42 Å². The van der Waals surface area contributed by atoms with E-state index in [2.05, 4.69) is 6.92 Å². The third-order valence-corrected chi connectivity index (χ3v) is 4.75. The zero-order chi connectivity index (χ0) is 11.5. The summed E-state index contributed by atoms with van der Waals surface area (Å²) < 4.78 is 22.1. The first-order valence-electron chi connectivity index (χ1n) is 5.75. The Morgan fingerprint density at radius 3 is 2.27 bits per heavy atom. The van der Waals surface area contributed by atoms with Crippen LogP contribution < -0.4 is 0 Å². The molecule has 1 atom stereocenters. The zero-order valence-corrected chi connectivity index (χ0v) is 10.5. The van der Waals surface area contributed by atoms with Gasteiger partial charge in [-0.1, -0.05) is 19.8 Å². The van der Waals surface area contributed by atoms with Crippen LogP contribution in [0.25, 0.3) is 0 Å². The van der Waals surface area contributed by atoms with Crippen molar-refractivity contribution in [2.45, 2.75) is 51.6 Å². The van der Waals surface area contributed by atoms with Crippen molar-refractivity contribution in [3.8, 4) is 0 Å². The molecule has 0 spiro atoms. The fourth-order valence-corrected chi connectivity index (χ4v) is 3.28. The van der Waals surface area contributed by atoms with Gasteiger partial charge >= 0.3 is 0 Å². The van der Waals surface area contributed by atoms with Crippen molar-refractivity contribution in [2.24, 2.45) is 5.41 Å². The molecule has 0 aromatic carbocycles. The van der Waals surface area contributed by atoms with E-state index in [1.54, 1.807) is 0 Å². The van der Waals surface area contributed by atoms with Gasteiger partial charge in [0.15, 0.2) is 0 Å². The van der Waals surface area contributed by atoms with Gasteiger partial charge in [-0.05, 0) is 31.1 Å². The lowest BCUT2D eigenvalue weighted by Crippen LogP contribution is -2.33. The van der Waals surface area contributed by atoms with Crippen LogP contribution in [0, 0.1) is 5.41 Å². The number of aliphatic hydroxyl groups excluding tert-OH is 1. The molecule has 0 amide bonds. The molecule has 1 N–H and O–H groups in total. The molecule has 0 aromatic heterocycles. The third kappa shape index (κ3) is 3.45. The van der Waals surface area contributed by atoms with Crippen LogP contribution >= 0.6 is 0 Å². The Balaban J connectivity index is 2.54. The smallest absolute Gasteiger partial charge is 0.147 e. The van der Waals surface area contributed by atoms with Crippen LogP contribution in [0.5, 0.6) is 0 Å². The van der Waals surface area contributed by atoms with Gasteiger partial charge in [0.25, 0.3) is 0 Å². The third-order valence-electron chi connectivity index (χ3n) is 3.77. The van der Waals surface area contributed by atoms with Crippen molar-refractivity contribution < 1.29 is 13.5 Å². The molecule has 0 aliphatic heterocycles. The second-order valence-electron chi connectivity index (χ2n) is 4.86. The molecular formula is C11H22O3S. The van der Waals surface area contributed by atoms with Crippen LogP contribution in [0.15, 0.2) is 0 Å². The molecule has 90 valence electrons. The fraction of sp³-hybridized carbons (Fsp3) is 1.00. The van der Waals surface area contributed by atoms with Gasteiger partial charge in [0, 0.05) is 6.26 Å². The Morgan fingerprint density at radius 2 is 1.87 bits per heavy atom. The predicted octanol–water partition coefficient (Wildman–Crippen LogP) is 1.75. The van der Waals surface area contributed by atoms with Crippen LogP contribution in [0.4, 0.5) is 0 Å². The molecule has 0 aromatic rings. The summed E-state index contributed by atoms with van der Waals surface area (Å²) in [6, 6.07) is 0. The van der Waals surface area contributed by atoms with Gasteiger partial charge < -0.3 is 5.11 Å². The van der Waals surface area contributed by atoms with Crippen LogP contribution in [-0.2, 0) is 9.84 Å². The van der Waals surface area contributed by atoms with Crippen molar-refractivity contribution in [3.63, 3.8) is 0 Å². The molecule has 0 bridgehead atoms. The summed E-state index contributed by atoms with van der Waals surface area (Å²) in [6.45, 7) is 2.09. The highest BCUT2D eigenvalue weighted by Gasteiger charge is 2.38. The molecule has 1 aliphatic carbocycles. The highest BCUT2D eigenvalue weighted by Crippen LogP contribution is 2.44. The van der Waals surface area contributed by atoms with E-state index in [0.29, 0.717) is 6.42 Å². The van der Waals surface area contributed by atoms with Gasteiger partial charge in [-0.3, -0.25) is 0 Å². The first kappa shape index (κ1) is 13.0. The van der Waals surface area contributed by atoms with Crippen molar-refractivity contribution in [1.82, 2.24) is 0 Å². The molecule has 1 unspecified atom stereocenters. The standard InChI is InChI=1S/C11H22O3S/c1-3-11(7-4-5-8-11)10(12)6-9-15(2,13)14/h10,12H,3-9H2,1-2H3. The monoisotopic (exact) mass is 234 g/mol. The molecule has 1 rings (SSSR count). The molecule has 1 aliphatic rings. The quantitative estimate of drug-likeness (QED) is 0.788. The van der Waals surface area contributed by atoms with E-state index in [4.69, 9.17) is 0 Å². The van der Waals surface area contributed by atoms with Gasteiger partial charge in [0.2, 0.25) is 0 Å². The molecule has 1 fully saturated rings. The second kappa shape index (κ2) is 4.83. The summed E-state index contributed by atoms with van der Waals surface area (Å²) in [5, 5.41) is 10.1. The van der Waals surface area contributed by atoms with Gasteiger partial charge in [0.05, 0.1) is 11.9 Å². The summed E-state index contributed by atoms with van der Waals surface area (Å²) in [5.41, 5.74) is 0.00465. The molecule has 0 radical (unpaired) electrons. The second-order valence-corrected chi connectivity index (χ2v) is 7.12. The van der Waals surface area contributed by atoms with E-state index in [0.717, 1.165) is 19.3 Å². The molecule has 0 heterocycles. The zero-order valence-electron chi connectivity index (χ0n) is 9.70. The number of rotatable bonds is 5. The average Bonchev–Trinajstić information content (AvgIpc) is 2.62. The van der Waals surface area contributed by atoms with E-state index < -0.39 is 15.9 Å². The lowest BCUT2D eigenvalue weighted by atomic mass is 9.77. The highest BCUT2D eigenvalue weighted by atomic mass is 32.2. The highest BCUT2D eigenvalue weighted by molar-refractivity contribution is 7.90. The van der Waals surface area contributed by atoms with Crippen molar-refractivity contribution in [2.75, 3.05) is 12.0 Å². The molecule has 15 heavy (non-hydrogen) atoms. The summed E-state index contributed by atoms with van der Waals surface area (Å²) in [4.78, 5) is 0. The lowest BCUT2D eigenvalue weighted by molar-refractivity contribution is 0.0232. The van der Waals surface area contributed by atoms with Crippen LogP contribution in [0.3, 0.4) is 0 Å². The molecule has 0 saturated heterocycles.